The number of sulfonamides is 1. The minimum atomic E-state index is -3.57. The largest absolute Gasteiger partial charge is 0.392 e. The fraction of sp³-hybridized carbons (Fsp3) is 0.333. The van der Waals surface area contributed by atoms with Gasteiger partial charge in [0.15, 0.2) is 0 Å². The van der Waals surface area contributed by atoms with E-state index in [1.54, 1.807) is 23.5 Å². The predicted molar refractivity (Wildman–Crippen MR) is 84.9 cm³/mol. The molecule has 1 unspecified atom stereocenters. The molecule has 0 radical (unpaired) electrons. The Kier molecular flexibility index (Phi) is 5.16. The van der Waals surface area contributed by atoms with Crippen LogP contribution in [0.5, 0.6) is 0 Å². The third kappa shape index (κ3) is 4.14. The van der Waals surface area contributed by atoms with Crippen LogP contribution in [0.4, 0.5) is 0 Å². The van der Waals surface area contributed by atoms with Crippen molar-refractivity contribution in [2.24, 2.45) is 0 Å². The van der Waals surface area contributed by atoms with Crippen LogP contribution in [-0.2, 0) is 23.1 Å². The number of aliphatic hydroxyl groups excluding tert-OH is 1. The number of benzene rings is 1. The van der Waals surface area contributed by atoms with Gasteiger partial charge in [0.2, 0.25) is 10.0 Å². The Bertz CT molecular complexity index is 694. The number of hydrogen-bond donors (Lipinski definition) is 2. The van der Waals surface area contributed by atoms with E-state index in [4.69, 9.17) is 0 Å². The van der Waals surface area contributed by atoms with Crippen LogP contribution in [0.15, 0.2) is 39.9 Å². The van der Waals surface area contributed by atoms with E-state index >= 15 is 0 Å². The maximum absolute atomic E-state index is 12.4. The van der Waals surface area contributed by atoms with E-state index in [0.29, 0.717) is 12.0 Å². The van der Waals surface area contributed by atoms with Crippen molar-refractivity contribution in [3.8, 4) is 0 Å². The van der Waals surface area contributed by atoms with Gasteiger partial charge < -0.3 is 5.11 Å². The van der Waals surface area contributed by atoms with Crippen LogP contribution in [0.1, 0.15) is 23.6 Å². The van der Waals surface area contributed by atoms with E-state index < -0.39 is 10.0 Å². The monoisotopic (exact) mass is 325 g/mol. The molecular weight excluding hydrogens is 306 g/mol. The normalized spacial score (nSPS) is 13.3. The molecule has 0 saturated carbocycles. The van der Waals surface area contributed by atoms with E-state index in [0.717, 1.165) is 11.1 Å². The lowest BCUT2D eigenvalue weighted by Gasteiger charge is -2.14. The topological polar surface area (TPSA) is 66.4 Å². The first kappa shape index (κ1) is 16.2. The summed E-state index contributed by atoms with van der Waals surface area (Å²) in [7, 11) is -3.57. The quantitative estimate of drug-likeness (QED) is 0.857. The first-order chi connectivity index (χ1) is 9.92. The van der Waals surface area contributed by atoms with Gasteiger partial charge in [-0.1, -0.05) is 6.07 Å². The van der Waals surface area contributed by atoms with E-state index in [1.807, 2.05) is 30.7 Å². The third-order valence-electron chi connectivity index (χ3n) is 3.28. The van der Waals surface area contributed by atoms with Crippen LogP contribution in [0, 0.1) is 6.92 Å². The second-order valence-electron chi connectivity index (χ2n) is 5.10. The predicted octanol–water partition coefficient (Wildman–Crippen LogP) is 2.46. The average Bonchev–Trinajstić information content (AvgIpc) is 2.91. The molecule has 1 atom stereocenters. The summed E-state index contributed by atoms with van der Waals surface area (Å²) < 4.78 is 27.4. The molecule has 2 N–H and O–H groups in total. The molecule has 2 aromatic rings. The Morgan fingerprint density at radius 2 is 2.10 bits per heavy atom. The Morgan fingerprint density at radius 3 is 2.71 bits per heavy atom. The number of hydrogen-bond acceptors (Lipinski definition) is 4. The van der Waals surface area contributed by atoms with Gasteiger partial charge in [0, 0.05) is 6.04 Å². The van der Waals surface area contributed by atoms with Gasteiger partial charge in [0.1, 0.15) is 0 Å². The molecule has 0 bridgehead atoms. The summed E-state index contributed by atoms with van der Waals surface area (Å²) in [5.74, 6) is 0. The van der Waals surface area contributed by atoms with Gasteiger partial charge in [-0.05, 0) is 65.9 Å². The molecule has 0 saturated heterocycles. The highest BCUT2D eigenvalue weighted by Gasteiger charge is 2.18. The smallest absolute Gasteiger partial charge is 0.240 e. The van der Waals surface area contributed by atoms with Crippen LogP contribution in [0.2, 0.25) is 0 Å². The van der Waals surface area contributed by atoms with Crippen molar-refractivity contribution in [2.45, 2.75) is 37.8 Å². The molecule has 4 nitrogen and oxygen atoms in total. The van der Waals surface area contributed by atoms with E-state index in [1.165, 1.54) is 6.07 Å². The van der Waals surface area contributed by atoms with Crippen molar-refractivity contribution >= 4 is 21.4 Å². The molecule has 0 spiro atoms. The molecule has 0 aliphatic rings. The zero-order valence-corrected chi connectivity index (χ0v) is 13.7. The van der Waals surface area contributed by atoms with Gasteiger partial charge in [-0.2, -0.15) is 11.3 Å². The minimum Gasteiger partial charge on any atom is -0.392 e. The fourth-order valence-electron chi connectivity index (χ4n) is 2.12. The Morgan fingerprint density at radius 1 is 1.33 bits per heavy atom. The zero-order chi connectivity index (χ0) is 15.5. The molecular formula is C15H19NO3S2. The van der Waals surface area contributed by atoms with Crippen molar-refractivity contribution < 1.29 is 13.5 Å². The lowest BCUT2D eigenvalue weighted by Crippen LogP contribution is -2.34. The molecule has 1 aromatic carbocycles. The molecule has 114 valence electrons. The summed E-state index contributed by atoms with van der Waals surface area (Å²) in [4.78, 5) is 0.189. The molecule has 1 heterocycles. The van der Waals surface area contributed by atoms with Crippen LogP contribution in [-0.4, -0.2) is 19.6 Å². The fourth-order valence-corrected chi connectivity index (χ4v) is 4.10. The summed E-state index contributed by atoms with van der Waals surface area (Å²) >= 11 is 1.60. The van der Waals surface area contributed by atoms with Crippen molar-refractivity contribution in [3.05, 3.63) is 51.7 Å². The van der Waals surface area contributed by atoms with Crippen LogP contribution < -0.4 is 4.72 Å². The maximum Gasteiger partial charge on any atom is 0.240 e. The van der Waals surface area contributed by atoms with Crippen molar-refractivity contribution in [1.82, 2.24) is 4.72 Å². The second kappa shape index (κ2) is 6.70. The number of thiophene rings is 1. The first-order valence-electron chi connectivity index (χ1n) is 6.66. The Balaban J connectivity index is 2.14. The van der Waals surface area contributed by atoms with E-state index in [9.17, 15) is 13.5 Å². The summed E-state index contributed by atoms with van der Waals surface area (Å²) in [5, 5.41) is 13.2. The summed E-state index contributed by atoms with van der Waals surface area (Å²) in [6.45, 7) is 3.52. The lowest BCUT2D eigenvalue weighted by molar-refractivity contribution is 0.280. The van der Waals surface area contributed by atoms with Crippen molar-refractivity contribution in [2.75, 3.05) is 0 Å². The number of rotatable bonds is 6. The highest BCUT2D eigenvalue weighted by molar-refractivity contribution is 7.89. The summed E-state index contributed by atoms with van der Waals surface area (Å²) in [6.07, 6.45) is 0.654. The van der Waals surface area contributed by atoms with Gasteiger partial charge in [-0.15, -0.1) is 0 Å². The van der Waals surface area contributed by atoms with Crippen LogP contribution in [0.25, 0.3) is 0 Å². The Labute approximate surface area is 129 Å². The molecule has 0 amide bonds. The minimum absolute atomic E-state index is 0.167. The SMILES string of the molecule is Cc1ccc(S(=O)(=O)NC(C)Cc2ccsc2)cc1CO. The molecule has 0 aliphatic carbocycles. The highest BCUT2D eigenvalue weighted by atomic mass is 32.2. The van der Waals surface area contributed by atoms with Gasteiger partial charge in [0.05, 0.1) is 11.5 Å². The molecule has 21 heavy (non-hydrogen) atoms. The van der Waals surface area contributed by atoms with Gasteiger partial charge in [-0.25, -0.2) is 13.1 Å². The highest BCUT2D eigenvalue weighted by Crippen LogP contribution is 2.17. The lowest BCUT2D eigenvalue weighted by atomic mass is 10.1. The molecule has 6 heteroatoms. The van der Waals surface area contributed by atoms with Gasteiger partial charge in [-0.3, -0.25) is 0 Å². The van der Waals surface area contributed by atoms with Crippen molar-refractivity contribution in [1.29, 1.82) is 0 Å². The zero-order valence-electron chi connectivity index (χ0n) is 12.0. The van der Waals surface area contributed by atoms with Crippen LogP contribution >= 0.6 is 11.3 Å². The molecule has 2 rings (SSSR count). The summed E-state index contributed by atoms with van der Waals surface area (Å²) in [6, 6.07) is 6.60. The average molecular weight is 325 g/mol. The van der Waals surface area contributed by atoms with E-state index in [2.05, 4.69) is 4.72 Å². The second-order valence-corrected chi connectivity index (χ2v) is 7.60. The molecule has 1 aromatic heterocycles. The number of nitrogens with one attached hydrogen (secondary N) is 1. The molecule has 0 fully saturated rings. The molecule has 0 aliphatic heterocycles. The number of aliphatic hydroxyl groups is 1. The standard InChI is InChI=1S/C15H19NO3S2/c1-11-3-4-15(8-14(11)9-17)21(18,19)16-12(2)7-13-5-6-20-10-13/h3-6,8,10,12,16-17H,7,9H2,1-2H3. The first-order valence-corrected chi connectivity index (χ1v) is 9.09. The summed E-state index contributed by atoms with van der Waals surface area (Å²) in [5.41, 5.74) is 2.63. The maximum atomic E-state index is 12.4. The third-order valence-corrected chi connectivity index (χ3v) is 5.60. The number of aryl methyl sites for hydroxylation is 1. The van der Waals surface area contributed by atoms with E-state index in [-0.39, 0.29) is 17.5 Å². The van der Waals surface area contributed by atoms with Gasteiger partial charge >= 0.3 is 0 Å². The Hall–Kier alpha value is -1.21. The van der Waals surface area contributed by atoms with Gasteiger partial charge in [0.25, 0.3) is 0 Å². The van der Waals surface area contributed by atoms with Crippen molar-refractivity contribution in [3.63, 3.8) is 0 Å². The van der Waals surface area contributed by atoms with Crippen LogP contribution in [0.3, 0.4) is 0 Å².